The van der Waals surface area contributed by atoms with E-state index in [1.165, 1.54) is 5.69 Å². The number of fused-ring (bicyclic) bond motifs is 1. The van der Waals surface area contributed by atoms with E-state index in [1.807, 2.05) is 18.2 Å². The minimum atomic E-state index is -0.0318. The van der Waals surface area contributed by atoms with Crippen LogP contribution in [0.15, 0.2) is 48.7 Å². The molecule has 0 radical (unpaired) electrons. The average Bonchev–Trinajstić information content (AvgIpc) is 2.84. The summed E-state index contributed by atoms with van der Waals surface area (Å²) >= 11 is 0. The zero-order valence-electron chi connectivity index (χ0n) is 19.0. The smallest absolute Gasteiger partial charge is 0.251 e. The molecule has 2 aliphatic rings. The van der Waals surface area contributed by atoms with Gasteiger partial charge in [0, 0.05) is 42.0 Å². The van der Waals surface area contributed by atoms with Crippen LogP contribution >= 0.6 is 0 Å². The molecule has 0 saturated carbocycles. The predicted octanol–water partition coefficient (Wildman–Crippen LogP) is 3.54. The van der Waals surface area contributed by atoms with Gasteiger partial charge in [-0.25, -0.2) is 9.97 Å². The minimum Gasteiger partial charge on any atom is -0.382 e. The molecule has 2 aliphatic heterocycles. The Morgan fingerprint density at radius 3 is 2.73 bits per heavy atom. The molecular weight excluding hydrogens is 414 g/mol. The third-order valence-corrected chi connectivity index (χ3v) is 6.47. The second kappa shape index (κ2) is 8.83. The zero-order valence-corrected chi connectivity index (χ0v) is 19.0. The number of anilines is 2. The molecule has 0 spiro atoms. The molecule has 33 heavy (non-hydrogen) atoms. The van der Waals surface area contributed by atoms with Crippen LogP contribution < -0.4 is 16.0 Å². The van der Waals surface area contributed by atoms with Gasteiger partial charge in [0.05, 0.1) is 24.6 Å². The van der Waals surface area contributed by atoms with E-state index in [0.29, 0.717) is 29.5 Å². The highest BCUT2D eigenvalue weighted by Gasteiger charge is 2.23. The van der Waals surface area contributed by atoms with Gasteiger partial charge in [-0.1, -0.05) is 32.0 Å². The van der Waals surface area contributed by atoms with Gasteiger partial charge in [-0.15, -0.1) is 0 Å². The number of aromatic nitrogens is 2. The molecular formula is C26H29N5O2. The van der Waals surface area contributed by atoms with Gasteiger partial charge in [-0.3, -0.25) is 4.79 Å². The number of hydrogen-bond acceptors (Lipinski definition) is 6. The lowest BCUT2D eigenvalue weighted by Gasteiger charge is -2.36. The lowest BCUT2D eigenvalue weighted by atomic mass is 9.96. The van der Waals surface area contributed by atoms with Crippen molar-refractivity contribution in [3.63, 3.8) is 0 Å². The SMILES string of the molecule is CC(C)C1CN(c2ccc(-c3cnc(N)c(-c4ccc5c(c4)CCNC5=O)n3)cc2)CCO1. The van der Waals surface area contributed by atoms with Crippen molar-refractivity contribution in [2.45, 2.75) is 26.4 Å². The standard InChI is InChI=1S/C26H29N5O2/c1-16(2)23-15-31(11-12-33-23)20-6-3-17(4-7-20)22-14-29-25(27)24(30-22)19-5-8-21-18(13-19)9-10-28-26(21)32/h3-8,13-14,16,23H,9-12,15H2,1-2H3,(H2,27,29)(H,28,32). The number of nitrogens with two attached hydrogens (primary N) is 1. The van der Waals surface area contributed by atoms with Crippen LogP contribution in [-0.2, 0) is 11.2 Å². The Hall–Kier alpha value is -3.45. The highest BCUT2D eigenvalue weighted by Crippen LogP contribution is 2.30. The first-order valence-electron chi connectivity index (χ1n) is 11.5. The van der Waals surface area contributed by atoms with Crippen LogP contribution in [0.1, 0.15) is 29.8 Å². The van der Waals surface area contributed by atoms with Gasteiger partial charge < -0.3 is 20.7 Å². The molecule has 1 fully saturated rings. The van der Waals surface area contributed by atoms with E-state index in [9.17, 15) is 4.79 Å². The topological polar surface area (TPSA) is 93.4 Å². The Morgan fingerprint density at radius 1 is 1.15 bits per heavy atom. The lowest BCUT2D eigenvalue weighted by molar-refractivity contribution is 0.0114. The van der Waals surface area contributed by atoms with Crippen molar-refractivity contribution in [1.82, 2.24) is 15.3 Å². The van der Waals surface area contributed by atoms with Gasteiger partial charge in [0.1, 0.15) is 11.5 Å². The molecule has 0 bridgehead atoms. The molecule has 1 unspecified atom stereocenters. The number of carbonyl (C=O) groups is 1. The van der Waals surface area contributed by atoms with Gasteiger partial charge >= 0.3 is 0 Å². The van der Waals surface area contributed by atoms with Gasteiger partial charge in [0.2, 0.25) is 0 Å². The highest BCUT2D eigenvalue weighted by molar-refractivity contribution is 5.97. The maximum absolute atomic E-state index is 12.1. The van der Waals surface area contributed by atoms with Crippen molar-refractivity contribution in [3.05, 3.63) is 59.8 Å². The monoisotopic (exact) mass is 443 g/mol. The molecule has 7 nitrogen and oxygen atoms in total. The Labute approximate surface area is 194 Å². The Morgan fingerprint density at radius 2 is 1.94 bits per heavy atom. The second-order valence-corrected chi connectivity index (χ2v) is 9.01. The number of nitrogens with zero attached hydrogens (tertiary/aromatic N) is 3. The first kappa shape index (κ1) is 21.4. The zero-order chi connectivity index (χ0) is 22.9. The van der Waals surface area contributed by atoms with Gasteiger partial charge in [-0.2, -0.15) is 0 Å². The van der Waals surface area contributed by atoms with Crippen LogP contribution in [0.3, 0.4) is 0 Å². The number of nitrogens with one attached hydrogen (secondary N) is 1. The van der Waals surface area contributed by atoms with Crippen molar-refractivity contribution in [2.75, 3.05) is 36.9 Å². The molecule has 3 N–H and O–H groups in total. The van der Waals surface area contributed by atoms with E-state index in [-0.39, 0.29) is 12.0 Å². The van der Waals surface area contributed by atoms with E-state index in [1.54, 1.807) is 6.20 Å². The number of ether oxygens (including phenoxy) is 1. The van der Waals surface area contributed by atoms with E-state index in [4.69, 9.17) is 15.5 Å². The van der Waals surface area contributed by atoms with Crippen LogP contribution in [0.5, 0.6) is 0 Å². The van der Waals surface area contributed by atoms with Gasteiger partial charge in [0.25, 0.3) is 5.91 Å². The number of rotatable bonds is 4. The number of amides is 1. The lowest BCUT2D eigenvalue weighted by Crippen LogP contribution is -2.44. The van der Waals surface area contributed by atoms with Crippen molar-refractivity contribution < 1.29 is 9.53 Å². The molecule has 170 valence electrons. The normalized spacial score (nSPS) is 18.2. The number of morpholine rings is 1. The first-order valence-corrected chi connectivity index (χ1v) is 11.5. The summed E-state index contributed by atoms with van der Waals surface area (Å²) in [6, 6.07) is 14.2. The molecule has 1 aromatic heterocycles. The van der Waals surface area contributed by atoms with Crippen molar-refractivity contribution >= 4 is 17.4 Å². The quantitative estimate of drug-likeness (QED) is 0.641. The molecule has 5 rings (SSSR count). The molecule has 3 heterocycles. The van der Waals surface area contributed by atoms with Gasteiger partial charge in [0.15, 0.2) is 0 Å². The van der Waals surface area contributed by atoms with Crippen molar-refractivity contribution in [3.8, 4) is 22.5 Å². The summed E-state index contributed by atoms with van der Waals surface area (Å²) in [4.78, 5) is 23.7. The largest absolute Gasteiger partial charge is 0.382 e. The molecule has 1 saturated heterocycles. The summed E-state index contributed by atoms with van der Waals surface area (Å²) < 4.78 is 5.90. The van der Waals surface area contributed by atoms with E-state index in [0.717, 1.165) is 48.5 Å². The molecule has 0 aliphatic carbocycles. The van der Waals surface area contributed by atoms with E-state index < -0.39 is 0 Å². The molecule has 7 heteroatoms. The molecule has 3 aromatic rings. The summed E-state index contributed by atoms with van der Waals surface area (Å²) in [5, 5.41) is 2.87. The second-order valence-electron chi connectivity index (χ2n) is 9.01. The predicted molar refractivity (Wildman–Crippen MR) is 130 cm³/mol. The fourth-order valence-corrected chi connectivity index (χ4v) is 4.48. The maximum Gasteiger partial charge on any atom is 0.251 e. The number of hydrogen-bond donors (Lipinski definition) is 2. The maximum atomic E-state index is 12.1. The third kappa shape index (κ3) is 4.28. The van der Waals surface area contributed by atoms with E-state index in [2.05, 4.69) is 53.3 Å². The number of carbonyl (C=O) groups excluding carboxylic acids is 1. The van der Waals surface area contributed by atoms with Crippen LogP contribution in [0, 0.1) is 5.92 Å². The van der Waals surface area contributed by atoms with Crippen LogP contribution in [0.2, 0.25) is 0 Å². The Kier molecular flexibility index (Phi) is 5.72. The van der Waals surface area contributed by atoms with Crippen LogP contribution in [0.4, 0.5) is 11.5 Å². The van der Waals surface area contributed by atoms with Gasteiger partial charge in [-0.05, 0) is 42.2 Å². The summed E-state index contributed by atoms with van der Waals surface area (Å²) in [5.74, 6) is 0.841. The number of nitrogen functional groups attached to an aromatic ring is 1. The third-order valence-electron chi connectivity index (χ3n) is 6.47. The summed E-state index contributed by atoms with van der Waals surface area (Å²) in [6.07, 6.45) is 2.76. The summed E-state index contributed by atoms with van der Waals surface area (Å²) in [6.45, 7) is 7.59. The Balaban J connectivity index is 1.41. The fourth-order valence-electron chi connectivity index (χ4n) is 4.48. The van der Waals surface area contributed by atoms with Crippen molar-refractivity contribution in [1.29, 1.82) is 0 Å². The molecule has 1 atom stereocenters. The first-order chi connectivity index (χ1) is 16.0. The highest BCUT2D eigenvalue weighted by atomic mass is 16.5. The molecule has 1 amide bonds. The Bertz CT molecular complexity index is 1180. The van der Waals surface area contributed by atoms with Crippen molar-refractivity contribution in [2.24, 2.45) is 5.92 Å². The molecule has 2 aromatic carbocycles. The van der Waals surface area contributed by atoms with Crippen LogP contribution in [0.25, 0.3) is 22.5 Å². The summed E-state index contributed by atoms with van der Waals surface area (Å²) in [5.41, 5.74) is 12.4. The van der Waals surface area contributed by atoms with E-state index >= 15 is 0 Å². The number of benzene rings is 2. The minimum absolute atomic E-state index is 0.0318. The summed E-state index contributed by atoms with van der Waals surface area (Å²) in [7, 11) is 0. The van der Waals surface area contributed by atoms with Crippen LogP contribution in [-0.4, -0.2) is 48.2 Å². The average molecular weight is 444 g/mol. The fraction of sp³-hybridized carbons (Fsp3) is 0.346.